The molecule has 0 N–H and O–H groups in total. The summed E-state index contributed by atoms with van der Waals surface area (Å²) in [6.45, 7) is 0. The van der Waals surface area contributed by atoms with Crippen molar-refractivity contribution in [2.45, 2.75) is 12.5 Å². The Hall–Kier alpha value is -2.56. The lowest BCUT2D eigenvalue weighted by Crippen LogP contribution is -2.28. The highest BCUT2D eigenvalue weighted by molar-refractivity contribution is 6.00. The minimum absolute atomic E-state index is 0.000860. The van der Waals surface area contributed by atoms with Gasteiger partial charge in [-0.2, -0.15) is 0 Å². The number of methoxy groups -OCH3 is 2. The van der Waals surface area contributed by atoms with E-state index in [0.717, 1.165) is 11.3 Å². The molecule has 1 aromatic carbocycles. The molecule has 1 aliphatic heterocycles. The molecule has 22 heavy (non-hydrogen) atoms. The molecule has 0 aromatic heterocycles. The van der Waals surface area contributed by atoms with Crippen LogP contribution in [0, 0.1) is 0 Å². The summed E-state index contributed by atoms with van der Waals surface area (Å²) >= 11 is 0. The number of ketones is 1. The molecule has 0 fully saturated rings. The molecule has 1 heterocycles. The minimum Gasteiger partial charge on any atom is -0.497 e. The van der Waals surface area contributed by atoms with Crippen molar-refractivity contribution in [2.75, 3.05) is 21.3 Å². The molecule has 0 aliphatic carbocycles. The standard InChI is InChI=1S/C17H19NO4/c1-18-11-13(6-9-17(20)22-3)16(19)10-15(18)12-4-7-14(21-2)8-5-12/h4-9,11,15H,10H2,1-3H3/b9-6+. The van der Waals surface area contributed by atoms with Crippen LogP contribution in [0.25, 0.3) is 0 Å². The molecule has 0 bridgehead atoms. The zero-order valence-electron chi connectivity index (χ0n) is 12.9. The summed E-state index contributed by atoms with van der Waals surface area (Å²) in [5.74, 6) is 0.304. The van der Waals surface area contributed by atoms with E-state index in [4.69, 9.17) is 4.74 Å². The molecule has 5 heteroatoms. The number of Topliss-reactive ketones (excluding diaryl/α,β-unsaturated/α-hetero) is 1. The van der Waals surface area contributed by atoms with Gasteiger partial charge < -0.3 is 14.4 Å². The lowest BCUT2D eigenvalue weighted by Gasteiger charge is -2.31. The van der Waals surface area contributed by atoms with Gasteiger partial charge in [-0.05, 0) is 23.8 Å². The molecule has 5 nitrogen and oxygen atoms in total. The summed E-state index contributed by atoms with van der Waals surface area (Å²) in [6, 6.07) is 7.65. The molecular weight excluding hydrogens is 282 g/mol. The van der Waals surface area contributed by atoms with Gasteiger partial charge in [-0.25, -0.2) is 4.79 Å². The van der Waals surface area contributed by atoms with Gasteiger partial charge in [0.15, 0.2) is 5.78 Å². The first-order chi connectivity index (χ1) is 10.5. The number of ether oxygens (including phenoxy) is 2. The second kappa shape index (κ2) is 6.93. The molecule has 0 radical (unpaired) electrons. The van der Waals surface area contributed by atoms with Gasteiger partial charge in [0.2, 0.25) is 0 Å². The van der Waals surface area contributed by atoms with Gasteiger partial charge in [0.05, 0.1) is 20.3 Å². The number of esters is 1. The number of hydrogen-bond acceptors (Lipinski definition) is 5. The zero-order chi connectivity index (χ0) is 16.1. The third kappa shape index (κ3) is 3.55. The maximum absolute atomic E-state index is 12.2. The fourth-order valence-corrected chi connectivity index (χ4v) is 2.36. The molecule has 2 rings (SSSR count). The first-order valence-corrected chi connectivity index (χ1v) is 6.92. The topological polar surface area (TPSA) is 55.8 Å². The predicted molar refractivity (Wildman–Crippen MR) is 82.4 cm³/mol. The second-order valence-corrected chi connectivity index (χ2v) is 5.02. The van der Waals surface area contributed by atoms with E-state index in [1.165, 1.54) is 19.3 Å². The van der Waals surface area contributed by atoms with Crippen LogP contribution in [-0.2, 0) is 14.3 Å². The van der Waals surface area contributed by atoms with Gasteiger partial charge in [0.25, 0.3) is 0 Å². The van der Waals surface area contributed by atoms with Crippen molar-refractivity contribution >= 4 is 11.8 Å². The second-order valence-electron chi connectivity index (χ2n) is 5.02. The molecular formula is C17H19NO4. The van der Waals surface area contributed by atoms with Crippen molar-refractivity contribution in [1.82, 2.24) is 4.90 Å². The molecule has 0 saturated heterocycles. The molecule has 1 aromatic rings. The van der Waals surface area contributed by atoms with Gasteiger partial charge >= 0.3 is 5.97 Å². The summed E-state index contributed by atoms with van der Waals surface area (Å²) in [7, 11) is 4.83. The van der Waals surface area contributed by atoms with Gasteiger partial charge in [0, 0.05) is 31.3 Å². The van der Waals surface area contributed by atoms with E-state index >= 15 is 0 Å². The van der Waals surface area contributed by atoms with Crippen LogP contribution < -0.4 is 4.74 Å². The number of rotatable bonds is 4. The van der Waals surface area contributed by atoms with Gasteiger partial charge in [-0.3, -0.25) is 4.79 Å². The lowest BCUT2D eigenvalue weighted by molar-refractivity contribution is -0.134. The Kier molecular flexibility index (Phi) is 4.99. The number of allylic oxidation sites excluding steroid dienone is 2. The fourth-order valence-electron chi connectivity index (χ4n) is 2.36. The maximum atomic E-state index is 12.2. The van der Waals surface area contributed by atoms with Crippen molar-refractivity contribution in [3.63, 3.8) is 0 Å². The van der Waals surface area contributed by atoms with Crippen molar-refractivity contribution < 1.29 is 19.1 Å². The number of nitrogens with zero attached hydrogens (tertiary/aromatic N) is 1. The van der Waals surface area contributed by atoms with Crippen LogP contribution >= 0.6 is 0 Å². The van der Waals surface area contributed by atoms with Crippen LogP contribution in [0.5, 0.6) is 5.75 Å². The number of benzene rings is 1. The molecule has 0 saturated carbocycles. The summed E-state index contributed by atoms with van der Waals surface area (Å²) < 4.78 is 9.67. The first kappa shape index (κ1) is 15.8. The summed E-state index contributed by atoms with van der Waals surface area (Å²) in [6.07, 6.45) is 4.86. The normalized spacial score (nSPS) is 18.3. The number of carbonyl (C=O) groups is 2. The monoisotopic (exact) mass is 301 g/mol. The Morgan fingerprint density at radius 1 is 1.27 bits per heavy atom. The molecule has 0 spiro atoms. The van der Waals surface area contributed by atoms with Crippen LogP contribution in [0.15, 0.2) is 48.2 Å². The Morgan fingerprint density at radius 3 is 2.55 bits per heavy atom. The van der Waals surface area contributed by atoms with E-state index < -0.39 is 5.97 Å². The van der Waals surface area contributed by atoms with E-state index in [1.54, 1.807) is 13.3 Å². The smallest absolute Gasteiger partial charge is 0.330 e. The van der Waals surface area contributed by atoms with E-state index in [1.807, 2.05) is 36.2 Å². The van der Waals surface area contributed by atoms with Gasteiger partial charge in [-0.15, -0.1) is 0 Å². The maximum Gasteiger partial charge on any atom is 0.330 e. The molecule has 1 unspecified atom stereocenters. The van der Waals surface area contributed by atoms with Gasteiger partial charge in [-0.1, -0.05) is 12.1 Å². The highest BCUT2D eigenvalue weighted by Crippen LogP contribution is 2.30. The summed E-state index contributed by atoms with van der Waals surface area (Å²) in [5, 5.41) is 0. The molecule has 0 amide bonds. The summed E-state index contributed by atoms with van der Waals surface area (Å²) in [4.78, 5) is 25.3. The minimum atomic E-state index is -0.478. The van der Waals surface area contributed by atoms with E-state index in [0.29, 0.717) is 12.0 Å². The zero-order valence-corrected chi connectivity index (χ0v) is 12.9. The van der Waals surface area contributed by atoms with Gasteiger partial charge in [0.1, 0.15) is 5.75 Å². The van der Waals surface area contributed by atoms with Crippen LogP contribution in [-0.4, -0.2) is 37.9 Å². The number of carbonyl (C=O) groups excluding carboxylic acids is 2. The average Bonchev–Trinajstić information content (AvgIpc) is 2.55. The van der Waals surface area contributed by atoms with E-state index in [2.05, 4.69) is 4.74 Å². The van der Waals surface area contributed by atoms with Crippen LogP contribution in [0.2, 0.25) is 0 Å². The van der Waals surface area contributed by atoms with Crippen molar-refractivity contribution in [1.29, 1.82) is 0 Å². The van der Waals surface area contributed by atoms with Crippen molar-refractivity contribution in [2.24, 2.45) is 0 Å². The van der Waals surface area contributed by atoms with Crippen molar-refractivity contribution in [3.05, 3.63) is 53.8 Å². The largest absolute Gasteiger partial charge is 0.497 e. The SMILES string of the molecule is COC(=O)/C=C/C1=CN(C)C(c2ccc(OC)cc2)CC1=O. The average molecular weight is 301 g/mol. The Balaban J connectivity index is 2.18. The predicted octanol–water partition coefficient (Wildman–Crippen LogP) is 2.25. The third-order valence-corrected chi connectivity index (χ3v) is 3.64. The van der Waals surface area contributed by atoms with Crippen molar-refractivity contribution in [3.8, 4) is 5.75 Å². The molecule has 1 aliphatic rings. The Bertz CT molecular complexity index is 616. The highest BCUT2D eigenvalue weighted by atomic mass is 16.5. The van der Waals surface area contributed by atoms with E-state index in [9.17, 15) is 9.59 Å². The Morgan fingerprint density at radius 2 is 1.95 bits per heavy atom. The summed E-state index contributed by atoms with van der Waals surface area (Å²) in [5.41, 5.74) is 1.54. The first-order valence-electron chi connectivity index (χ1n) is 6.92. The lowest BCUT2D eigenvalue weighted by atomic mass is 9.93. The number of hydrogen-bond donors (Lipinski definition) is 0. The highest BCUT2D eigenvalue weighted by Gasteiger charge is 2.25. The quantitative estimate of drug-likeness (QED) is 0.630. The van der Waals surface area contributed by atoms with Crippen LogP contribution in [0.1, 0.15) is 18.0 Å². The fraction of sp³-hybridized carbons (Fsp3) is 0.294. The van der Waals surface area contributed by atoms with Crippen LogP contribution in [0.3, 0.4) is 0 Å². The molecule has 116 valence electrons. The van der Waals surface area contributed by atoms with Crippen LogP contribution in [0.4, 0.5) is 0 Å². The van der Waals surface area contributed by atoms with E-state index in [-0.39, 0.29) is 11.8 Å². The third-order valence-electron chi connectivity index (χ3n) is 3.64. The molecule has 1 atom stereocenters. The Labute approximate surface area is 129 Å².